The molecule has 0 bridgehead atoms. The van der Waals surface area contributed by atoms with Crippen molar-refractivity contribution in [2.75, 3.05) is 6.61 Å². The van der Waals surface area contributed by atoms with Crippen LogP contribution in [0.3, 0.4) is 0 Å². The van der Waals surface area contributed by atoms with Gasteiger partial charge in [0.15, 0.2) is 0 Å². The summed E-state index contributed by atoms with van der Waals surface area (Å²) in [7, 11) is 0. The zero-order valence-corrected chi connectivity index (χ0v) is 18.3. The van der Waals surface area contributed by atoms with E-state index in [-0.39, 0.29) is 32.0 Å². The Morgan fingerprint density at radius 2 is 1.42 bits per heavy atom. The lowest BCUT2D eigenvalue weighted by molar-refractivity contribution is -0.142. The highest BCUT2D eigenvalue weighted by Crippen LogP contribution is 2.35. The van der Waals surface area contributed by atoms with Gasteiger partial charge in [-0.05, 0) is 6.92 Å². The Balaban J connectivity index is 2.11. The summed E-state index contributed by atoms with van der Waals surface area (Å²) in [5, 5.41) is 21.6. The first-order valence-electron chi connectivity index (χ1n) is 10.8. The number of aliphatic hydroxyl groups is 2. The van der Waals surface area contributed by atoms with Gasteiger partial charge in [0.2, 0.25) is 5.78 Å². The number of fused-ring (bicyclic) bond motifs is 1. The molecule has 0 fully saturated rings. The molecule has 0 aliphatic heterocycles. The first kappa shape index (κ1) is 22.5. The molecule has 0 amide bonds. The fourth-order valence-corrected chi connectivity index (χ4v) is 4.22. The largest absolute Gasteiger partial charge is 0.466 e. The number of rotatable bonds is 8. The summed E-state index contributed by atoms with van der Waals surface area (Å²) >= 11 is 0. The summed E-state index contributed by atoms with van der Waals surface area (Å²) in [6.45, 7) is 1.39. The molecule has 3 aromatic carbocycles. The summed E-state index contributed by atoms with van der Waals surface area (Å²) < 4.78 is 6.93. The molecule has 6 nitrogen and oxygen atoms in total. The number of carbonyl (C=O) groups excluding carboxylic acids is 2. The molecule has 0 aliphatic carbocycles. The van der Waals surface area contributed by atoms with Crippen LogP contribution in [-0.2, 0) is 29.2 Å². The van der Waals surface area contributed by atoms with Crippen LogP contribution in [0.4, 0.5) is 0 Å². The van der Waals surface area contributed by atoms with Crippen LogP contribution < -0.4 is 0 Å². The fraction of sp³-hybridized carbons (Fsp3) is 0.185. The molecular formula is C27H25NO5. The predicted molar refractivity (Wildman–Crippen MR) is 125 cm³/mol. The van der Waals surface area contributed by atoms with E-state index in [9.17, 15) is 19.8 Å². The predicted octanol–water partition coefficient (Wildman–Crippen LogP) is 3.95. The topological polar surface area (TPSA) is 88.8 Å². The van der Waals surface area contributed by atoms with Crippen LogP contribution in [-0.4, -0.2) is 33.1 Å². The molecule has 0 aliphatic rings. The highest BCUT2D eigenvalue weighted by Gasteiger charge is 2.27. The van der Waals surface area contributed by atoms with Gasteiger partial charge in [0.25, 0.3) is 0 Å². The van der Waals surface area contributed by atoms with Crippen molar-refractivity contribution < 1.29 is 24.5 Å². The molecule has 0 spiro atoms. The fourth-order valence-electron chi connectivity index (χ4n) is 4.22. The number of hydrogen-bond acceptors (Lipinski definition) is 5. The molecule has 0 radical (unpaired) electrons. The lowest BCUT2D eigenvalue weighted by atomic mass is 10.0. The average molecular weight is 443 g/mol. The van der Waals surface area contributed by atoms with Crippen molar-refractivity contribution in [3.63, 3.8) is 0 Å². The molecule has 33 heavy (non-hydrogen) atoms. The van der Waals surface area contributed by atoms with Crippen LogP contribution in [0, 0.1) is 0 Å². The molecule has 0 unspecified atom stereocenters. The third-order valence-corrected chi connectivity index (χ3v) is 5.62. The Hall–Kier alpha value is -3.74. The van der Waals surface area contributed by atoms with Gasteiger partial charge in [-0.15, -0.1) is 0 Å². The smallest absolute Gasteiger partial charge is 0.311 e. The van der Waals surface area contributed by atoms with Crippen molar-refractivity contribution in [1.82, 2.24) is 4.57 Å². The van der Waals surface area contributed by atoms with E-state index in [0.29, 0.717) is 39.2 Å². The summed E-state index contributed by atoms with van der Waals surface area (Å²) in [5.74, 6) is -0.647. The van der Waals surface area contributed by atoms with Crippen LogP contribution in [0.5, 0.6) is 0 Å². The monoisotopic (exact) mass is 443 g/mol. The van der Waals surface area contributed by atoms with Crippen molar-refractivity contribution in [1.29, 1.82) is 0 Å². The molecular weight excluding hydrogens is 418 g/mol. The van der Waals surface area contributed by atoms with Crippen LogP contribution in [0.2, 0.25) is 0 Å². The maximum absolute atomic E-state index is 13.8. The standard InChI is InChI=1S/C27H25NO5/c1-2-33-24(31)15-23-21-13-6-7-14-22(21)26(27(32)18-9-4-3-5-10-18)28(23)25-19(16-29)11-8-12-20(25)17-30/h3-14,29-30H,2,15-17H2,1H3. The summed E-state index contributed by atoms with van der Waals surface area (Å²) in [4.78, 5) is 26.4. The Kier molecular flexibility index (Phi) is 6.68. The van der Waals surface area contributed by atoms with Crippen LogP contribution in [0.25, 0.3) is 16.5 Å². The average Bonchev–Trinajstić information content (AvgIpc) is 3.17. The van der Waals surface area contributed by atoms with E-state index in [1.807, 2.05) is 30.3 Å². The second-order valence-corrected chi connectivity index (χ2v) is 7.59. The second-order valence-electron chi connectivity index (χ2n) is 7.59. The Labute approximate surface area is 191 Å². The molecule has 4 rings (SSSR count). The van der Waals surface area contributed by atoms with Gasteiger partial charge in [0, 0.05) is 33.2 Å². The first-order chi connectivity index (χ1) is 16.1. The normalized spacial score (nSPS) is 11.0. The zero-order chi connectivity index (χ0) is 23.4. The van der Waals surface area contributed by atoms with Gasteiger partial charge in [-0.2, -0.15) is 0 Å². The Morgan fingerprint density at radius 1 is 0.818 bits per heavy atom. The summed E-state index contributed by atoms with van der Waals surface area (Å²) in [5.41, 5.74) is 3.00. The number of hydrogen-bond donors (Lipinski definition) is 2. The van der Waals surface area contributed by atoms with E-state index in [1.54, 1.807) is 54.0 Å². The number of para-hydroxylation sites is 1. The van der Waals surface area contributed by atoms with E-state index in [4.69, 9.17) is 4.74 Å². The Morgan fingerprint density at radius 3 is 2.03 bits per heavy atom. The molecule has 0 saturated heterocycles. The van der Waals surface area contributed by atoms with Gasteiger partial charge in [0.05, 0.1) is 31.9 Å². The molecule has 0 saturated carbocycles. The number of esters is 1. The quantitative estimate of drug-likeness (QED) is 0.318. The third-order valence-electron chi connectivity index (χ3n) is 5.62. The van der Waals surface area contributed by atoms with E-state index in [1.165, 1.54) is 0 Å². The number of aliphatic hydroxyl groups excluding tert-OH is 2. The zero-order valence-electron chi connectivity index (χ0n) is 18.3. The maximum atomic E-state index is 13.8. The van der Waals surface area contributed by atoms with Crippen molar-refractivity contribution in [3.05, 3.63) is 101 Å². The maximum Gasteiger partial charge on any atom is 0.311 e. The van der Waals surface area contributed by atoms with E-state index in [0.717, 1.165) is 5.39 Å². The van der Waals surface area contributed by atoms with E-state index >= 15 is 0 Å². The van der Waals surface area contributed by atoms with Crippen LogP contribution in [0.1, 0.15) is 39.8 Å². The highest BCUT2D eigenvalue weighted by atomic mass is 16.5. The number of carbonyl (C=O) groups is 2. The van der Waals surface area contributed by atoms with Gasteiger partial charge < -0.3 is 19.5 Å². The van der Waals surface area contributed by atoms with Crippen molar-refractivity contribution >= 4 is 22.5 Å². The van der Waals surface area contributed by atoms with Crippen molar-refractivity contribution in [2.24, 2.45) is 0 Å². The molecule has 0 atom stereocenters. The van der Waals surface area contributed by atoms with Crippen molar-refractivity contribution in [3.8, 4) is 5.69 Å². The number of benzene rings is 3. The SMILES string of the molecule is CCOC(=O)Cc1c2ccccc2c(C(=O)c2ccccc2)n1-c1c(CO)cccc1CO. The minimum atomic E-state index is -0.423. The van der Waals surface area contributed by atoms with Gasteiger partial charge in [-0.3, -0.25) is 9.59 Å². The lowest BCUT2D eigenvalue weighted by Gasteiger charge is -2.19. The van der Waals surface area contributed by atoms with Gasteiger partial charge in [-0.25, -0.2) is 0 Å². The molecule has 4 aromatic rings. The van der Waals surface area contributed by atoms with E-state index < -0.39 is 5.97 Å². The number of ketones is 1. The molecule has 1 heterocycles. The summed E-state index contributed by atoms with van der Waals surface area (Å²) in [6, 6.07) is 21.5. The highest BCUT2D eigenvalue weighted by molar-refractivity contribution is 6.17. The minimum Gasteiger partial charge on any atom is -0.466 e. The van der Waals surface area contributed by atoms with Crippen molar-refractivity contribution in [2.45, 2.75) is 26.6 Å². The van der Waals surface area contributed by atoms with Crippen LogP contribution in [0.15, 0.2) is 72.8 Å². The number of nitrogens with zero attached hydrogens (tertiary/aromatic N) is 1. The second kappa shape index (κ2) is 9.81. The Bertz CT molecular complexity index is 1280. The van der Waals surface area contributed by atoms with Gasteiger partial charge in [-0.1, -0.05) is 72.8 Å². The summed E-state index contributed by atoms with van der Waals surface area (Å²) in [6.07, 6.45) is -0.0684. The molecule has 2 N–H and O–H groups in total. The molecule has 6 heteroatoms. The van der Waals surface area contributed by atoms with Gasteiger partial charge >= 0.3 is 5.97 Å². The first-order valence-corrected chi connectivity index (χ1v) is 10.8. The lowest BCUT2D eigenvalue weighted by Crippen LogP contribution is -2.17. The number of ether oxygens (including phenoxy) is 1. The molecule has 168 valence electrons. The number of aromatic nitrogens is 1. The molecule has 1 aromatic heterocycles. The van der Waals surface area contributed by atoms with Crippen LogP contribution >= 0.6 is 0 Å². The minimum absolute atomic E-state index is 0.0684. The third kappa shape index (κ3) is 4.18. The van der Waals surface area contributed by atoms with E-state index in [2.05, 4.69) is 0 Å². The van der Waals surface area contributed by atoms with Gasteiger partial charge in [0.1, 0.15) is 5.69 Å².